The Labute approximate surface area is 142 Å². The molecule has 24 heavy (non-hydrogen) atoms. The van der Waals surface area contributed by atoms with Gasteiger partial charge in [0, 0.05) is 18.0 Å². The summed E-state index contributed by atoms with van der Waals surface area (Å²) >= 11 is 0. The van der Waals surface area contributed by atoms with Crippen molar-refractivity contribution in [3.8, 4) is 11.4 Å². The number of likely N-dealkylation sites (tertiary alicyclic amines) is 1. The second-order valence-electron chi connectivity index (χ2n) is 6.85. The van der Waals surface area contributed by atoms with E-state index in [1.807, 2.05) is 35.2 Å². The van der Waals surface area contributed by atoms with E-state index in [9.17, 15) is 4.79 Å². The molecule has 0 radical (unpaired) electrons. The quantitative estimate of drug-likeness (QED) is 0.856. The Kier molecular flexibility index (Phi) is 4.32. The topological polar surface area (TPSA) is 59.2 Å². The summed E-state index contributed by atoms with van der Waals surface area (Å²) in [6.45, 7) is 0.809. The van der Waals surface area contributed by atoms with Crippen molar-refractivity contribution < 1.29 is 9.32 Å². The first-order chi connectivity index (χ1) is 11.8. The van der Waals surface area contributed by atoms with E-state index in [1.54, 1.807) is 0 Å². The maximum atomic E-state index is 12.9. The fraction of sp³-hybridized carbons (Fsp3) is 0.526. The molecule has 5 heteroatoms. The molecule has 1 amide bonds. The first-order valence-electron chi connectivity index (χ1n) is 9.02. The fourth-order valence-electron chi connectivity index (χ4n) is 3.95. The maximum absolute atomic E-state index is 12.9. The van der Waals surface area contributed by atoms with Crippen LogP contribution in [0.5, 0.6) is 0 Å². The third-order valence-electron chi connectivity index (χ3n) is 5.25. The molecule has 1 saturated carbocycles. The summed E-state index contributed by atoms with van der Waals surface area (Å²) in [4.78, 5) is 19.4. The van der Waals surface area contributed by atoms with Gasteiger partial charge in [-0.1, -0.05) is 54.8 Å². The third kappa shape index (κ3) is 2.95. The Balaban J connectivity index is 1.52. The molecule has 0 bridgehead atoms. The Bertz CT molecular complexity index is 692. The number of hydrogen-bond donors (Lipinski definition) is 0. The first kappa shape index (κ1) is 15.4. The second kappa shape index (κ2) is 6.75. The zero-order valence-electron chi connectivity index (χ0n) is 13.9. The minimum absolute atomic E-state index is 0.0515. The molecule has 1 aliphatic carbocycles. The highest BCUT2D eigenvalue weighted by Gasteiger charge is 2.37. The van der Waals surface area contributed by atoms with Gasteiger partial charge in [0.2, 0.25) is 17.6 Å². The highest BCUT2D eigenvalue weighted by atomic mass is 16.5. The average molecular weight is 325 g/mol. The number of amides is 1. The summed E-state index contributed by atoms with van der Waals surface area (Å²) in [5.41, 5.74) is 0.940. The number of benzene rings is 1. The van der Waals surface area contributed by atoms with Gasteiger partial charge in [-0.25, -0.2) is 0 Å². The minimum Gasteiger partial charge on any atom is -0.337 e. The second-order valence-corrected chi connectivity index (χ2v) is 6.85. The maximum Gasteiger partial charge on any atom is 0.249 e. The van der Waals surface area contributed by atoms with Gasteiger partial charge in [-0.05, 0) is 25.7 Å². The summed E-state index contributed by atoms with van der Waals surface area (Å²) in [6.07, 6.45) is 7.59. The van der Waals surface area contributed by atoms with Crippen LogP contribution in [0.2, 0.25) is 0 Å². The summed E-state index contributed by atoms with van der Waals surface area (Å²) in [5.74, 6) is 1.66. The molecule has 5 nitrogen and oxygen atoms in total. The van der Waals surface area contributed by atoms with Crippen LogP contribution in [0.15, 0.2) is 34.9 Å². The van der Waals surface area contributed by atoms with E-state index in [0.29, 0.717) is 11.7 Å². The summed E-state index contributed by atoms with van der Waals surface area (Å²) in [6, 6.07) is 9.76. The Morgan fingerprint density at radius 3 is 2.62 bits per heavy atom. The van der Waals surface area contributed by atoms with Crippen molar-refractivity contribution in [1.29, 1.82) is 0 Å². The molecule has 2 fully saturated rings. The molecule has 1 aliphatic heterocycles. The third-order valence-corrected chi connectivity index (χ3v) is 5.25. The van der Waals surface area contributed by atoms with Gasteiger partial charge >= 0.3 is 0 Å². The van der Waals surface area contributed by atoms with Crippen molar-refractivity contribution in [3.63, 3.8) is 0 Å². The van der Waals surface area contributed by atoms with Crippen molar-refractivity contribution in [2.24, 2.45) is 5.92 Å². The van der Waals surface area contributed by atoms with Crippen molar-refractivity contribution in [1.82, 2.24) is 15.0 Å². The molecule has 1 saturated heterocycles. The number of carbonyl (C=O) groups is 1. The van der Waals surface area contributed by atoms with E-state index >= 15 is 0 Å². The Morgan fingerprint density at radius 2 is 1.83 bits per heavy atom. The molecule has 1 unspecified atom stereocenters. The van der Waals surface area contributed by atoms with Crippen LogP contribution in [0.1, 0.15) is 56.9 Å². The lowest BCUT2D eigenvalue weighted by Crippen LogP contribution is -2.36. The molecule has 0 N–H and O–H groups in total. The number of aromatic nitrogens is 2. The van der Waals surface area contributed by atoms with Crippen LogP contribution in [0, 0.1) is 5.92 Å². The zero-order valence-corrected chi connectivity index (χ0v) is 13.9. The van der Waals surface area contributed by atoms with Gasteiger partial charge in [0.25, 0.3) is 0 Å². The predicted molar refractivity (Wildman–Crippen MR) is 90.0 cm³/mol. The van der Waals surface area contributed by atoms with Crippen LogP contribution in [0.4, 0.5) is 0 Å². The fourth-order valence-corrected chi connectivity index (χ4v) is 3.95. The van der Waals surface area contributed by atoms with Crippen molar-refractivity contribution >= 4 is 5.91 Å². The molecule has 2 aliphatic rings. The van der Waals surface area contributed by atoms with Gasteiger partial charge in [-0.2, -0.15) is 4.98 Å². The van der Waals surface area contributed by atoms with Gasteiger partial charge < -0.3 is 9.42 Å². The molecular formula is C19H23N3O2. The average Bonchev–Trinajstić information content (AvgIpc) is 3.32. The summed E-state index contributed by atoms with van der Waals surface area (Å²) in [7, 11) is 0. The molecule has 2 heterocycles. The molecule has 2 aromatic rings. The highest BCUT2D eigenvalue weighted by Crippen LogP contribution is 2.35. The van der Waals surface area contributed by atoms with E-state index in [1.165, 1.54) is 19.3 Å². The standard InChI is InChI=1S/C19H23N3O2/c23-19(15-10-5-2-6-11-15)22-13-7-12-16(22)18-20-17(21-24-18)14-8-3-1-4-9-14/h1,3-4,8-9,15-16H,2,5-7,10-13H2. The normalized spacial score (nSPS) is 22.0. The molecule has 0 spiro atoms. The smallest absolute Gasteiger partial charge is 0.249 e. The molecule has 126 valence electrons. The van der Waals surface area contributed by atoms with Crippen LogP contribution >= 0.6 is 0 Å². The van der Waals surface area contributed by atoms with E-state index < -0.39 is 0 Å². The number of nitrogens with zero attached hydrogens (tertiary/aromatic N) is 3. The van der Waals surface area contributed by atoms with Gasteiger partial charge in [-0.15, -0.1) is 0 Å². The van der Waals surface area contributed by atoms with E-state index in [2.05, 4.69) is 10.1 Å². The summed E-state index contributed by atoms with van der Waals surface area (Å²) < 4.78 is 5.52. The van der Waals surface area contributed by atoms with Crippen LogP contribution < -0.4 is 0 Å². The lowest BCUT2D eigenvalue weighted by molar-refractivity contribution is -0.138. The molecule has 4 rings (SSSR count). The highest BCUT2D eigenvalue weighted by molar-refractivity contribution is 5.79. The van der Waals surface area contributed by atoms with Gasteiger partial charge in [0.1, 0.15) is 6.04 Å². The number of carbonyl (C=O) groups excluding carboxylic acids is 1. The molecule has 1 atom stereocenters. The number of hydrogen-bond acceptors (Lipinski definition) is 4. The van der Waals surface area contributed by atoms with Crippen LogP contribution in [-0.2, 0) is 4.79 Å². The van der Waals surface area contributed by atoms with Gasteiger partial charge in [-0.3, -0.25) is 4.79 Å². The Hall–Kier alpha value is -2.17. The molecular weight excluding hydrogens is 302 g/mol. The molecule has 1 aromatic carbocycles. The lowest BCUT2D eigenvalue weighted by atomic mass is 9.88. The van der Waals surface area contributed by atoms with E-state index in [4.69, 9.17) is 4.52 Å². The number of rotatable bonds is 3. The largest absolute Gasteiger partial charge is 0.337 e. The lowest BCUT2D eigenvalue weighted by Gasteiger charge is -2.29. The van der Waals surface area contributed by atoms with Gasteiger partial charge in [0.05, 0.1) is 0 Å². The first-order valence-corrected chi connectivity index (χ1v) is 9.02. The monoisotopic (exact) mass is 325 g/mol. The van der Waals surface area contributed by atoms with Crippen molar-refractivity contribution in [2.75, 3.05) is 6.54 Å². The summed E-state index contributed by atoms with van der Waals surface area (Å²) in [5, 5.41) is 4.11. The van der Waals surface area contributed by atoms with Crippen LogP contribution in [0.3, 0.4) is 0 Å². The minimum atomic E-state index is -0.0515. The Morgan fingerprint density at radius 1 is 1.04 bits per heavy atom. The van der Waals surface area contributed by atoms with Gasteiger partial charge in [0.15, 0.2) is 0 Å². The van der Waals surface area contributed by atoms with Crippen LogP contribution in [0.25, 0.3) is 11.4 Å². The molecule has 1 aromatic heterocycles. The SMILES string of the molecule is O=C(C1CCCCC1)N1CCCC1c1nc(-c2ccccc2)no1. The van der Waals surface area contributed by atoms with E-state index in [0.717, 1.165) is 37.8 Å². The zero-order chi connectivity index (χ0) is 16.4. The van der Waals surface area contributed by atoms with Crippen molar-refractivity contribution in [2.45, 2.75) is 51.0 Å². The van der Waals surface area contributed by atoms with Crippen LogP contribution in [-0.4, -0.2) is 27.5 Å². The van der Waals surface area contributed by atoms with E-state index in [-0.39, 0.29) is 17.9 Å². The van der Waals surface area contributed by atoms with Crippen molar-refractivity contribution in [3.05, 3.63) is 36.2 Å². The predicted octanol–water partition coefficient (Wildman–Crippen LogP) is 3.98.